The lowest BCUT2D eigenvalue weighted by Crippen LogP contribution is -3.00. The molecule has 3 N–H and O–H groups in total. The molecule has 25 heavy (non-hydrogen) atoms. The van der Waals surface area contributed by atoms with Crippen LogP contribution in [-0.2, 0) is 13.1 Å². The van der Waals surface area contributed by atoms with Crippen LogP contribution in [-0.4, -0.2) is 9.67 Å². The van der Waals surface area contributed by atoms with Crippen molar-refractivity contribution < 1.29 is 22.1 Å². The van der Waals surface area contributed by atoms with Crippen LogP contribution in [0.3, 0.4) is 0 Å². The number of aliphatic hydroxyl groups excluding tert-OH is 1. The van der Waals surface area contributed by atoms with Gasteiger partial charge in [0.25, 0.3) is 0 Å². The predicted octanol–water partition coefficient (Wildman–Crippen LogP) is 0.965. The van der Waals surface area contributed by atoms with Gasteiger partial charge in [-0.25, -0.2) is 9.13 Å². The van der Waals surface area contributed by atoms with Gasteiger partial charge in [0.05, 0.1) is 16.6 Å². The molecule has 2 aromatic carbocycles. The summed E-state index contributed by atoms with van der Waals surface area (Å²) in [5.41, 5.74) is 9.13. The number of hydrogen-bond donors (Lipinski definition) is 2. The van der Waals surface area contributed by atoms with Crippen molar-refractivity contribution in [2.24, 2.45) is 0 Å². The SMILES string of the molecule is CCCn1c(N)[n+](CC(O)c2ccc(Cl)c(Cl)c2)c2ccccc21.[Cl-]. The molecule has 0 amide bonds. The molecular weight excluding hydrogens is 381 g/mol. The molecule has 1 heterocycles. The van der Waals surface area contributed by atoms with Gasteiger partial charge in [0.1, 0.15) is 23.7 Å². The van der Waals surface area contributed by atoms with E-state index in [0.29, 0.717) is 28.1 Å². The van der Waals surface area contributed by atoms with Crippen LogP contribution in [0.4, 0.5) is 5.95 Å². The van der Waals surface area contributed by atoms with Crippen molar-refractivity contribution in [1.82, 2.24) is 4.57 Å². The number of para-hydroxylation sites is 2. The van der Waals surface area contributed by atoms with Crippen LogP contribution in [0.15, 0.2) is 42.5 Å². The molecule has 0 spiro atoms. The van der Waals surface area contributed by atoms with Gasteiger partial charge in [-0.1, -0.05) is 48.3 Å². The number of nitrogen functional groups attached to an aromatic ring is 1. The predicted molar refractivity (Wildman–Crippen MR) is 98.3 cm³/mol. The third-order valence-electron chi connectivity index (χ3n) is 4.15. The van der Waals surface area contributed by atoms with Gasteiger partial charge in [-0.15, -0.1) is 0 Å². The smallest absolute Gasteiger partial charge is 0.356 e. The van der Waals surface area contributed by atoms with Crippen LogP contribution in [0.2, 0.25) is 10.0 Å². The topological polar surface area (TPSA) is 55.1 Å². The van der Waals surface area contributed by atoms with E-state index in [2.05, 4.69) is 11.5 Å². The van der Waals surface area contributed by atoms with E-state index in [1.54, 1.807) is 18.2 Å². The molecule has 7 heteroatoms. The van der Waals surface area contributed by atoms with Crippen LogP contribution >= 0.6 is 23.2 Å². The Morgan fingerprint density at radius 2 is 1.88 bits per heavy atom. The van der Waals surface area contributed by atoms with E-state index in [1.165, 1.54) is 0 Å². The van der Waals surface area contributed by atoms with Crippen molar-refractivity contribution in [3.8, 4) is 0 Å². The number of imidazole rings is 1. The summed E-state index contributed by atoms with van der Waals surface area (Å²) in [7, 11) is 0. The van der Waals surface area contributed by atoms with Gasteiger partial charge < -0.3 is 17.5 Å². The number of halogens is 3. The molecule has 0 saturated heterocycles. The lowest BCUT2D eigenvalue weighted by atomic mass is 10.1. The Morgan fingerprint density at radius 3 is 2.56 bits per heavy atom. The number of rotatable bonds is 5. The van der Waals surface area contributed by atoms with Crippen molar-refractivity contribution in [2.75, 3.05) is 5.73 Å². The fourth-order valence-electron chi connectivity index (χ4n) is 2.96. The number of aliphatic hydroxyl groups is 1. The van der Waals surface area contributed by atoms with E-state index in [0.717, 1.165) is 24.0 Å². The monoisotopic (exact) mass is 399 g/mol. The van der Waals surface area contributed by atoms with Gasteiger partial charge in [0.2, 0.25) is 0 Å². The summed E-state index contributed by atoms with van der Waals surface area (Å²) in [4.78, 5) is 0. The third kappa shape index (κ3) is 3.87. The van der Waals surface area contributed by atoms with Gasteiger partial charge >= 0.3 is 5.95 Å². The van der Waals surface area contributed by atoms with Crippen molar-refractivity contribution >= 4 is 40.2 Å². The summed E-state index contributed by atoms with van der Waals surface area (Å²) in [6.45, 7) is 3.30. The largest absolute Gasteiger partial charge is 1.00 e. The van der Waals surface area contributed by atoms with Crippen molar-refractivity contribution in [3.63, 3.8) is 0 Å². The number of nitrogens with two attached hydrogens (primary N) is 1. The van der Waals surface area contributed by atoms with Gasteiger partial charge in [0, 0.05) is 0 Å². The van der Waals surface area contributed by atoms with Gasteiger partial charge in [0.15, 0.2) is 0 Å². The summed E-state index contributed by atoms with van der Waals surface area (Å²) in [6.07, 6.45) is 0.256. The number of fused-ring (bicyclic) bond motifs is 1. The molecule has 1 unspecified atom stereocenters. The lowest BCUT2D eigenvalue weighted by Gasteiger charge is -2.11. The number of benzene rings is 2. The number of anilines is 1. The van der Waals surface area contributed by atoms with Gasteiger partial charge in [-0.05, 0) is 36.2 Å². The lowest BCUT2D eigenvalue weighted by molar-refractivity contribution is -0.666. The van der Waals surface area contributed by atoms with Crippen LogP contribution in [0, 0.1) is 0 Å². The minimum Gasteiger partial charge on any atom is -1.00 e. The Labute approximate surface area is 163 Å². The number of hydrogen-bond acceptors (Lipinski definition) is 2. The average Bonchev–Trinajstić information content (AvgIpc) is 2.83. The number of aromatic nitrogens is 2. The minimum atomic E-state index is -0.729. The maximum Gasteiger partial charge on any atom is 0.356 e. The number of nitrogens with zero attached hydrogens (tertiary/aromatic N) is 2. The Kier molecular flexibility index (Phi) is 6.58. The molecule has 3 rings (SSSR count). The van der Waals surface area contributed by atoms with Crippen LogP contribution < -0.4 is 22.7 Å². The van der Waals surface area contributed by atoms with E-state index >= 15 is 0 Å². The summed E-state index contributed by atoms with van der Waals surface area (Å²) in [5.74, 6) is 0.636. The Bertz CT molecular complexity index is 879. The minimum absolute atomic E-state index is 0. The molecule has 4 nitrogen and oxygen atoms in total. The second-order valence-electron chi connectivity index (χ2n) is 5.80. The van der Waals surface area contributed by atoms with E-state index in [-0.39, 0.29) is 12.4 Å². The molecule has 1 atom stereocenters. The Balaban J connectivity index is 0.00000225. The van der Waals surface area contributed by atoms with E-state index in [4.69, 9.17) is 28.9 Å². The highest BCUT2D eigenvalue weighted by atomic mass is 35.5. The Hall–Kier alpha value is -1.46. The zero-order valence-corrected chi connectivity index (χ0v) is 16.1. The summed E-state index contributed by atoms with van der Waals surface area (Å²) < 4.78 is 4.02. The fraction of sp³-hybridized carbons (Fsp3) is 0.278. The van der Waals surface area contributed by atoms with Crippen LogP contribution in [0.5, 0.6) is 0 Å². The second-order valence-corrected chi connectivity index (χ2v) is 6.61. The van der Waals surface area contributed by atoms with E-state index in [1.807, 2.05) is 28.8 Å². The van der Waals surface area contributed by atoms with Crippen LogP contribution in [0.1, 0.15) is 25.0 Å². The summed E-state index contributed by atoms with van der Waals surface area (Å²) >= 11 is 12.0. The zero-order valence-electron chi connectivity index (χ0n) is 13.8. The zero-order chi connectivity index (χ0) is 17.3. The molecule has 0 radical (unpaired) electrons. The average molecular weight is 401 g/mol. The molecule has 0 bridgehead atoms. The highest BCUT2D eigenvalue weighted by molar-refractivity contribution is 6.42. The molecule has 134 valence electrons. The summed E-state index contributed by atoms with van der Waals surface area (Å²) in [6, 6.07) is 13.2. The first kappa shape index (κ1) is 19.9. The van der Waals surface area contributed by atoms with Crippen molar-refractivity contribution in [1.29, 1.82) is 0 Å². The third-order valence-corrected chi connectivity index (χ3v) is 4.89. The molecule has 0 saturated carbocycles. The first-order valence-electron chi connectivity index (χ1n) is 7.92. The Morgan fingerprint density at radius 1 is 1.16 bits per heavy atom. The maximum atomic E-state index is 10.6. The van der Waals surface area contributed by atoms with Gasteiger partial charge in [-0.2, -0.15) is 0 Å². The molecule has 0 aliphatic heterocycles. The molecule has 0 aliphatic carbocycles. The molecule has 0 fully saturated rings. The highest BCUT2D eigenvalue weighted by Crippen LogP contribution is 2.26. The first-order chi connectivity index (χ1) is 11.5. The highest BCUT2D eigenvalue weighted by Gasteiger charge is 2.23. The number of aryl methyl sites for hydroxylation is 1. The molecule has 3 aromatic rings. The normalized spacial score (nSPS) is 12.2. The molecule has 0 aliphatic rings. The summed E-state index contributed by atoms with van der Waals surface area (Å²) in [5, 5.41) is 11.5. The molecule has 1 aromatic heterocycles. The van der Waals surface area contributed by atoms with Gasteiger partial charge in [-0.3, -0.25) is 5.73 Å². The van der Waals surface area contributed by atoms with E-state index < -0.39 is 6.10 Å². The fourth-order valence-corrected chi connectivity index (χ4v) is 3.27. The van der Waals surface area contributed by atoms with Crippen molar-refractivity contribution in [2.45, 2.75) is 32.5 Å². The standard InChI is InChI=1S/C18H19Cl2N3O.ClH/c1-2-9-22-15-5-3-4-6-16(15)23(18(22)21)11-17(24)12-7-8-13(19)14(20)10-12;/h3-8,10,17,21,24H,2,9,11H2,1H3;1H. The second kappa shape index (κ2) is 8.28. The van der Waals surface area contributed by atoms with E-state index in [9.17, 15) is 5.11 Å². The quantitative estimate of drug-likeness (QED) is 0.627. The molecular formula is C18H20Cl3N3O. The van der Waals surface area contributed by atoms with Crippen LogP contribution in [0.25, 0.3) is 11.0 Å². The first-order valence-corrected chi connectivity index (χ1v) is 8.68. The van der Waals surface area contributed by atoms with Crippen molar-refractivity contribution in [3.05, 3.63) is 58.1 Å². The maximum absolute atomic E-state index is 10.6.